The lowest BCUT2D eigenvalue weighted by molar-refractivity contribution is -0.124. The highest BCUT2D eigenvalue weighted by atomic mass is 31.2. The molecule has 10 heteroatoms. The van der Waals surface area contributed by atoms with Crippen LogP contribution in [0.15, 0.2) is 0 Å². The molecule has 0 aliphatic carbocycles. The second kappa shape index (κ2) is 9.72. The van der Waals surface area contributed by atoms with E-state index >= 15 is 0 Å². The normalized spacial score (nSPS) is 17.4. The fourth-order valence-electron chi connectivity index (χ4n) is 2.87. The van der Waals surface area contributed by atoms with E-state index in [-0.39, 0.29) is 49.6 Å². The van der Waals surface area contributed by atoms with Crippen LogP contribution in [0.3, 0.4) is 0 Å². The average molecular weight is 412 g/mol. The number of hydrogen-bond acceptors (Lipinski definition) is 4. The monoisotopic (exact) mass is 412 g/mol. The molecule has 26 heavy (non-hydrogen) atoms. The van der Waals surface area contributed by atoms with E-state index in [1.54, 1.807) is 27.7 Å². The maximum absolute atomic E-state index is 11.9. The van der Waals surface area contributed by atoms with Crippen LogP contribution >= 0.6 is 15.0 Å². The summed E-state index contributed by atoms with van der Waals surface area (Å²) in [6, 6.07) is 0. The number of rotatable bonds is 13. The van der Waals surface area contributed by atoms with Crippen molar-refractivity contribution >= 4 is 26.6 Å². The summed E-state index contributed by atoms with van der Waals surface area (Å²) in [5.74, 6) is -0.144. The van der Waals surface area contributed by atoms with Gasteiger partial charge in [-0.05, 0) is 23.7 Å². The van der Waals surface area contributed by atoms with Gasteiger partial charge in [-0.2, -0.15) is 0 Å². The molecule has 0 fully saturated rings. The van der Waals surface area contributed by atoms with Gasteiger partial charge in [0, 0.05) is 38.0 Å². The molecule has 0 aromatic heterocycles. The molecule has 0 amide bonds. The largest absolute Gasteiger partial charge is 0.333 e. The van der Waals surface area contributed by atoms with Crippen molar-refractivity contribution in [2.45, 2.75) is 66.2 Å². The van der Waals surface area contributed by atoms with E-state index in [9.17, 15) is 28.5 Å². The summed E-state index contributed by atoms with van der Waals surface area (Å²) in [4.78, 5) is 42.4. The number of nitrogens with two attached hydrogens (primary N) is 2. The van der Waals surface area contributed by atoms with Crippen molar-refractivity contribution in [1.82, 2.24) is 0 Å². The van der Waals surface area contributed by atoms with Gasteiger partial charge < -0.3 is 9.79 Å². The van der Waals surface area contributed by atoms with Crippen molar-refractivity contribution in [3.05, 3.63) is 0 Å². The Kier molecular flexibility index (Phi) is 9.58. The Hall–Kier alpha value is -0.360. The summed E-state index contributed by atoms with van der Waals surface area (Å²) < 4.78 is 22.6. The molecule has 0 saturated heterocycles. The van der Waals surface area contributed by atoms with Crippen LogP contribution in [0.1, 0.15) is 66.2 Å². The van der Waals surface area contributed by atoms with Gasteiger partial charge in [-0.1, -0.05) is 27.7 Å². The van der Waals surface area contributed by atoms with E-state index in [4.69, 9.17) is 11.0 Å². The van der Waals surface area contributed by atoms with E-state index in [1.165, 1.54) is 0 Å². The minimum absolute atomic E-state index is 0.0584. The molecule has 0 bridgehead atoms. The standard InChI is InChI=1S/C16H34N2O6P2/c1-15(2,11-25(17,21)22)9-7-13(19)5-6-14(20)8-10-16(3,4)12-26(18,23)24/h5-12H2,1-4H3,(H3,17,21,22)(H3,18,23,24). The van der Waals surface area contributed by atoms with Crippen LogP contribution in [0, 0.1) is 10.8 Å². The van der Waals surface area contributed by atoms with Crippen LogP contribution in [0.4, 0.5) is 0 Å². The summed E-state index contributed by atoms with van der Waals surface area (Å²) in [6.07, 6.45) is 1.45. The van der Waals surface area contributed by atoms with Crippen LogP contribution in [-0.2, 0) is 18.7 Å². The smallest absolute Gasteiger partial charge is 0.265 e. The van der Waals surface area contributed by atoms with Crippen LogP contribution in [0.25, 0.3) is 0 Å². The molecule has 0 aliphatic rings. The molecule has 0 radical (unpaired) electrons. The predicted molar refractivity (Wildman–Crippen MR) is 103 cm³/mol. The number of hydrogen-bond donors (Lipinski definition) is 4. The first kappa shape index (κ1) is 25.6. The average Bonchev–Trinajstić information content (AvgIpc) is 2.35. The highest BCUT2D eigenvalue weighted by molar-refractivity contribution is 7.55. The van der Waals surface area contributed by atoms with Crippen LogP contribution in [-0.4, -0.2) is 33.7 Å². The Labute approximate surface area is 156 Å². The third-order valence-electron chi connectivity index (χ3n) is 4.15. The van der Waals surface area contributed by atoms with Gasteiger partial charge in [-0.15, -0.1) is 0 Å². The maximum Gasteiger partial charge on any atom is 0.265 e. The molecule has 2 atom stereocenters. The predicted octanol–water partition coefficient (Wildman–Crippen LogP) is 2.81. The van der Waals surface area contributed by atoms with Gasteiger partial charge in [-0.3, -0.25) is 29.7 Å². The first-order valence-electron chi connectivity index (χ1n) is 8.65. The summed E-state index contributed by atoms with van der Waals surface area (Å²) in [5.41, 5.74) is 9.30. The van der Waals surface area contributed by atoms with E-state index < -0.39 is 25.9 Å². The van der Waals surface area contributed by atoms with Gasteiger partial charge in [0.2, 0.25) is 0 Å². The Bertz CT molecular complexity index is 540. The molecule has 2 unspecified atom stereocenters. The molecular weight excluding hydrogens is 378 g/mol. The fraction of sp³-hybridized carbons (Fsp3) is 0.875. The Morgan fingerprint density at radius 1 is 0.731 bits per heavy atom. The van der Waals surface area contributed by atoms with Crippen molar-refractivity contribution in [2.75, 3.05) is 12.3 Å². The van der Waals surface area contributed by atoms with Crippen molar-refractivity contribution in [3.8, 4) is 0 Å². The number of Topliss-reactive ketones (excluding diaryl/α,β-unsaturated/α-hetero) is 2. The molecule has 0 saturated carbocycles. The van der Waals surface area contributed by atoms with E-state index in [0.29, 0.717) is 12.8 Å². The molecule has 0 aromatic carbocycles. The maximum atomic E-state index is 11.9. The Morgan fingerprint density at radius 3 is 1.23 bits per heavy atom. The second-order valence-corrected chi connectivity index (χ2v) is 12.4. The van der Waals surface area contributed by atoms with Gasteiger partial charge in [0.05, 0.1) is 0 Å². The van der Waals surface area contributed by atoms with Gasteiger partial charge in [0.25, 0.3) is 15.0 Å². The lowest BCUT2D eigenvalue weighted by atomic mass is 9.87. The van der Waals surface area contributed by atoms with Crippen molar-refractivity contribution < 1.29 is 28.5 Å². The van der Waals surface area contributed by atoms with E-state index in [1.807, 2.05) is 0 Å². The highest BCUT2D eigenvalue weighted by Gasteiger charge is 2.28. The molecule has 8 nitrogen and oxygen atoms in total. The van der Waals surface area contributed by atoms with Crippen molar-refractivity contribution in [1.29, 1.82) is 0 Å². The van der Waals surface area contributed by atoms with Crippen LogP contribution in [0.5, 0.6) is 0 Å². The summed E-state index contributed by atoms with van der Waals surface area (Å²) in [7, 11) is -7.26. The number of carbonyl (C=O) groups excluding carboxylic acids is 2. The first-order valence-corrected chi connectivity index (χ1v) is 12.5. The SMILES string of the molecule is CC(C)(CCC(=O)CCC(=O)CCC(C)(C)CP(N)(=O)O)CP(N)(=O)O. The molecule has 0 aliphatic heterocycles. The summed E-state index contributed by atoms with van der Waals surface area (Å²) >= 11 is 0. The molecule has 0 spiro atoms. The van der Waals surface area contributed by atoms with Crippen molar-refractivity contribution in [2.24, 2.45) is 21.8 Å². The highest BCUT2D eigenvalue weighted by Crippen LogP contribution is 2.41. The van der Waals surface area contributed by atoms with Crippen molar-refractivity contribution in [3.63, 3.8) is 0 Å². The van der Waals surface area contributed by atoms with E-state index in [2.05, 4.69) is 0 Å². The lowest BCUT2D eigenvalue weighted by Gasteiger charge is -2.25. The summed E-state index contributed by atoms with van der Waals surface area (Å²) in [5, 5.41) is 0. The number of ketones is 2. The minimum atomic E-state index is -3.63. The van der Waals surface area contributed by atoms with Gasteiger partial charge in [0.1, 0.15) is 11.6 Å². The fourth-order valence-corrected chi connectivity index (χ4v) is 5.64. The van der Waals surface area contributed by atoms with Gasteiger partial charge >= 0.3 is 0 Å². The van der Waals surface area contributed by atoms with Crippen LogP contribution < -0.4 is 11.0 Å². The number of carbonyl (C=O) groups is 2. The molecule has 0 rings (SSSR count). The summed E-state index contributed by atoms with van der Waals surface area (Å²) in [6.45, 7) is 7.11. The zero-order chi connectivity index (χ0) is 20.8. The van der Waals surface area contributed by atoms with E-state index in [0.717, 1.165) is 0 Å². The third-order valence-corrected chi connectivity index (χ3v) is 6.77. The quantitative estimate of drug-likeness (QED) is 0.336. The molecule has 0 heterocycles. The Balaban J connectivity index is 4.22. The first-order chi connectivity index (χ1) is 11.4. The second-order valence-electron chi connectivity index (χ2n) is 8.73. The zero-order valence-electron chi connectivity index (χ0n) is 16.2. The van der Waals surface area contributed by atoms with Gasteiger partial charge in [0.15, 0.2) is 0 Å². The Morgan fingerprint density at radius 2 is 1.00 bits per heavy atom. The molecule has 6 N–H and O–H groups in total. The topological polar surface area (TPSA) is 161 Å². The minimum Gasteiger partial charge on any atom is -0.333 e. The lowest BCUT2D eigenvalue weighted by Crippen LogP contribution is -2.22. The molecule has 0 aromatic rings. The molecular formula is C16H34N2O6P2. The third kappa shape index (κ3) is 14.8. The van der Waals surface area contributed by atoms with Gasteiger partial charge in [-0.25, -0.2) is 0 Å². The van der Waals surface area contributed by atoms with Crippen LogP contribution in [0.2, 0.25) is 0 Å². The molecule has 154 valence electrons. The zero-order valence-corrected chi connectivity index (χ0v) is 18.0.